The number of fused-ring (bicyclic) bond motifs is 1. The Morgan fingerprint density at radius 2 is 1.90 bits per heavy atom. The van der Waals surface area contributed by atoms with Gasteiger partial charge in [-0.3, -0.25) is 0 Å². The number of nitrogens with two attached hydrogens (primary N) is 1. The zero-order valence-electron chi connectivity index (χ0n) is 10.9. The molecule has 0 aliphatic rings. The molecule has 2 N–H and O–H groups in total. The Balaban J connectivity index is 1.95. The highest BCUT2D eigenvalue weighted by Crippen LogP contribution is 2.32. The summed E-state index contributed by atoms with van der Waals surface area (Å²) in [6, 6.07) is 10.8. The molecular formula is C14H13N3O3. The van der Waals surface area contributed by atoms with Crippen LogP contribution in [0, 0.1) is 0 Å². The third-order valence-corrected chi connectivity index (χ3v) is 2.75. The maximum absolute atomic E-state index is 5.79. The van der Waals surface area contributed by atoms with Crippen LogP contribution in [0.4, 0.5) is 5.69 Å². The van der Waals surface area contributed by atoms with Crippen molar-refractivity contribution in [2.45, 2.75) is 6.92 Å². The van der Waals surface area contributed by atoms with Gasteiger partial charge in [-0.05, 0) is 41.5 Å². The van der Waals surface area contributed by atoms with Gasteiger partial charge < -0.3 is 15.2 Å². The number of aromatic nitrogens is 2. The summed E-state index contributed by atoms with van der Waals surface area (Å²) in [6.07, 6.45) is 0. The van der Waals surface area contributed by atoms with E-state index in [2.05, 4.69) is 10.3 Å². The first kappa shape index (κ1) is 12.3. The summed E-state index contributed by atoms with van der Waals surface area (Å²) in [4.78, 5) is 0. The summed E-state index contributed by atoms with van der Waals surface area (Å²) in [5.74, 6) is 1.92. The lowest BCUT2D eigenvalue weighted by atomic mass is 10.2. The normalized spacial score (nSPS) is 10.7. The minimum atomic E-state index is 0.489. The van der Waals surface area contributed by atoms with Gasteiger partial charge in [0, 0.05) is 6.07 Å². The van der Waals surface area contributed by atoms with Crippen molar-refractivity contribution in [3.05, 3.63) is 36.4 Å². The fourth-order valence-corrected chi connectivity index (χ4v) is 1.87. The Bertz CT molecular complexity index is 739. The largest absolute Gasteiger partial charge is 0.494 e. The third-order valence-electron chi connectivity index (χ3n) is 2.75. The molecule has 0 spiro atoms. The lowest BCUT2D eigenvalue weighted by Crippen LogP contribution is -1.93. The molecule has 6 heteroatoms. The van der Waals surface area contributed by atoms with E-state index < -0.39 is 0 Å². The van der Waals surface area contributed by atoms with Crippen molar-refractivity contribution in [3.63, 3.8) is 0 Å². The Morgan fingerprint density at radius 1 is 1.10 bits per heavy atom. The van der Waals surface area contributed by atoms with Crippen molar-refractivity contribution < 1.29 is 14.1 Å². The number of rotatable bonds is 4. The van der Waals surface area contributed by atoms with Gasteiger partial charge in [0.05, 0.1) is 12.3 Å². The lowest BCUT2D eigenvalue weighted by Gasteiger charge is -2.08. The quantitative estimate of drug-likeness (QED) is 0.734. The van der Waals surface area contributed by atoms with E-state index in [4.69, 9.17) is 19.8 Å². The minimum Gasteiger partial charge on any atom is -0.494 e. The van der Waals surface area contributed by atoms with Crippen molar-refractivity contribution in [3.8, 4) is 17.2 Å². The Morgan fingerprint density at radius 3 is 2.75 bits per heavy atom. The van der Waals surface area contributed by atoms with Gasteiger partial charge in [-0.1, -0.05) is 6.07 Å². The van der Waals surface area contributed by atoms with Crippen molar-refractivity contribution >= 4 is 16.7 Å². The first-order valence-corrected chi connectivity index (χ1v) is 6.19. The second-order valence-electron chi connectivity index (χ2n) is 4.12. The first-order valence-electron chi connectivity index (χ1n) is 6.19. The maximum Gasteiger partial charge on any atom is 0.179 e. The standard InChI is InChI=1S/C14H13N3O3/c1-2-18-9-4-3-5-10(8-9)19-12-7-6-11(15)13-14(12)17-20-16-13/h3-8H,2,15H2,1H3. The molecule has 1 aromatic heterocycles. The topological polar surface area (TPSA) is 83.4 Å². The number of nitrogens with zero attached hydrogens (tertiary/aromatic N) is 2. The van der Waals surface area contributed by atoms with Crippen molar-refractivity contribution in [2.75, 3.05) is 12.3 Å². The molecule has 0 saturated heterocycles. The van der Waals surface area contributed by atoms with Crippen LogP contribution in [0.5, 0.6) is 17.2 Å². The van der Waals surface area contributed by atoms with Crippen molar-refractivity contribution in [1.29, 1.82) is 0 Å². The van der Waals surface area contributed by atoms with Gasteiger partial charge in [0.25, 0.3) is 0 Å². The maximum atomic E-state index is 5.79. The summed E-state index contributed by atoms with van der Waals surface area (Å²) in [6.45, 7) is 2.53. The molecule has 3 aromatic rings. The van der Waals surface area contributed by atoms with Crippen LogP contribution in [0.15, 0.2) is 41.0 Å². The molecule has 0 aliphatic heterocycles. The fourth-order valence-electron chi connectivity index (χ4n) is 1.87. The molecule has 0 unspecified atom stereocenters. The molecule has 102 valence electrons. The molecule has 0 saturated carbocycles. The Labute approximate surface area is 115 Å². The summed E-state index contributed by atoms with van der Waals surface area (Å²) in [7, 11) is 0. The van der Waals surface area contributed by atoms with E-state index in [-0.39, 0.29) is 0 Å². The predicted octanol–water partition coefficient (Wildman–Crippen LogP) is 3.00. The number of anilines is 1. The highest BCUT2D eigenvalue weighted by molar-refractivity contribution is 5.90. The van der Waals surface area contributed by atoms with E-state index in [1.807, 2.05) is 25.1 Å². The molecule has 0 atom stereocenters. The van der Waals surface area contributed by atoms with Crippen LogP contribution in [-0.4, -0.2) is 16.9 Å². The van der Waals surface area contributed by atoms with Crippen LogP contribution in [0.1, 0.15) is 6.92 Å². The van der Waals surface area contributed by atoms with E-state index in [0.29, 0.717) is 34.8 Å². The number of hydrogen-bond donors (Lipinski definition) is 1. The van der Waals surface area contributed by atoms with Crippen LogP contribution >= 0.6 is 0 Å². The molecular weight excluding hydrogens is 258 g/mol. The van der Waals surface area contributed by atoms with Crippen LogP contribution in [0.25, 0.3) is 11.0 Å². The fraction of sp³-hybridized carbons (Fsp3) is 0.143. The molecule has 0 fully saturated rings. The van der Waals surface area contributed by atoms with E-state index in [1.54, 1.807) is 18.2 Å². The molecule has 20 heavy (non-hydrogen) atoms. The second kappa shape index (κ2) is 5.08. The summed E-state index contributed by atoms with van der Waals surface area (Å²) in [5, 5.41) is 7.56. The van der Waals surface area contributed by atoms with Crippen LogP contribution in [0.2, 0.25) is 0 Å². The van der Waals surface area contributed by atoms with E-state index in [9.17, 15) is 0 Å². The first-order chi connectivity index (χ1) is 9.78. The van der Waals surface area contributed by atoms with Crippen LogP contribution in [0.3, 0.4) is 0 Å². The molecule has 2 aromatic carbocycles. The smallest absolute Gasteiger partial charge is 0.179 e. The van der Waals surface area contributed by atoms with Gasteiger partial charge in [0.15, 0.2) is 16.8 Å². The Hall–Kier alpha value is -2.76. The average Bonchev–Trinajstić information content (AvgIpc) is 2.93. The third kappa shape index (κ3) is 2.23. The molecule has 3 rings (SSSR count). The molecule has 0 radical (unpaired) electrons. The number of nitrogen functional groups attached to an aromatic ring is 1. The minimum absolute atomic E-state index is 0.489. The highest BCUT2D eigenvalue weighted by atomic mass is 16.6. The van der Waals surface area contributed by atoms with Gasteiger partial charge >= 0.3 is 0 Å². The molecule has 0 bridgehead atoms. The highest BCUT2D eigenvalue weighted by Gasteiger charge is 2.12. The van der Waals surface area contributed by atoms with Crippen molar-refractivity contribution in [2.24, 2.45) is 0 Å². The molecule has 0 amide bonds. The second-order valence-corrected chi connectivity index (χ2v) is 4.12. The monoisotopic (exact) mass is 271 g/mol. The zero-order chi connectivity index (χ0) is 13.9. The summed E-state index contributed by atoms with van der Waals surface area (Å²) < 4.78 is 15.9. The van der Waals surface area contributed by atoms with Crippen LogP contribution < -0.4 is 15.2 Å². The molecule has 6 nitrogen and oxygen atoms in total. The zero-order valence-corrected chi connectivity index (χ0v) is 10.9. The average molecular weight is 271 g/mol. The van der Waals surface area contributed by atoms with E-state index >= 15 is 0 Å². The summed E-state index contributed by atoms with van der Waals surface area (Å²) in [5.41, 5.74) is 7.27. The van der Waals surface area contributed by atoms with E-state index in [0.717, 1.165) is 5.75 Å². The van der Waals surface area contributed by atoms with Crippen LogP contribution in [-0.2, 0) is 0 Å². The molecule has 1 heterocycles. The van der Waals surface area contributed by atoms with E-state index in [1.165, 1.54) is 0 Å². The number of ether oxygens (including phenoxy) is 2. The number of hydrogen-bond acceptors (Lipinski definition) is 6. The summed E-state index contributed by atoms with van der Waals surface area (Å²) >= 11 is 0. The van der Waals surface area contributed by atoms with Gasteiger partial charge in [-0.2, -0.15) is 0 Å². The molecule has 0 aliphatic carbocycles. The predicted molar refractivity (Wildman–Crippen MR) is 73.9 cm³/mol. The number of benzene rings is 2. The van der Waals surface area contributed by atoms with Gasteiger partial charge in [0.1, 0.15) is 11.5 Å². The van der Waals surface area contributed by atoms with Gasteiger partial charge in [0.2, 0.25) is 0 Å². The Kier molecular flexibility index (Phi) is 3.12. The van der Waals surface area contributed by atoms with Crippen molar-refractivity contribution in [1.82, 2.24) is 10.3 Å². The van der Waals surface area contributed by atoms with Gasteiger partial charge in [-0.15, -0.1) is 0 Å². The van der Waals surface area contributed by atoms with Gasteiger partial charge in [-0.25, -0.2) is 4.63 Å². The lowest BCUT2D eigenvalue weighted by molar-refractivity contribution is 0.314. The SMILES string of the molecule is CCOc1cccc(Oc2ccc(N)c3nonc23)c1.